The van der Waals surface area contributed by atoms with Crippen molar-refractivity contribution in [1.82, 2.24) is 10.2 Å². The number of ether oxygens (including phenoxy) is 1. The molecule has 1 N–H and O–H groups in total. The quantitative estimate of drug-likeness (QED) is 0.755. The van der Waals surface area contributed by atoms with Gasteiger partial charge in [-0.15, -0.1) is 0 Å². The lowest BCUT2D eigenvalue weighted by Crippen LogP contribution is -2.47. The van der Waals surface area contributed by atoms with Crippen LogP contribution in [-0.2, 0) is 14.3 Å². The van der Waals surface area contributed by atoms with Gasteiger partial charge in [-0.1, -0.05) is 0 Å². The molecule has 1 atom stereocenters. The van der Waals surface area contributed by atoms with Crippen LogP contribution in [0.25, 0.3) is 0 Å². The number of urea groups is 1. The number of Topliss-reactive ketones (excluding diaryl/α,β-unsaturated/α-hetero) is 1. The second-order valence-corrected chi connectivity index (χ2v) is 4.72. The number of esters is 1. The molecule has 0 radical (unpaired) electrons. The summed E-state index contributed by atoms with van der Waals surface area (Å²) < 4.78 is 4.98. The van der Waals surface area contributed by atoms with Gasteiger partial charge >= 0.3 is 12.0 Å². The normalized spacial score (nSPS) is 18.8. The second-order valence-electron chi connectivity index (χ2n) is 4.72. The molecule has 1 heterocycles. The van der Waals surface area contributed by atoms with E-state index in [0.717, 1.165) is 12.8 Å². The minimum absolute atomic E-state index is 0.0448. The number of amides is 2. The summed E-state index contributed by atoms with van der Waals surface area (Å²) >= 11 is 0. The molecule has 0 aromatic rings. The molecule has 0 spiro atoms. The van der Waals surface area contributed by atoms with Crippen LogP contribution in [-0.4, -0.2) is 48.9 Å². The van der Waals surface area contributed by atoms with Crippen LogP contribution in [0.5, 0.6) is 0 Å². The van der Waals surface area contributed by atoms with Crippen LogP contribution in [0, 0.1) is 5.92 Å². The number of rotatable bonds is 5. The fourth-order valence-corrected chi connectivity index (χ4v) is 2.07. The maximum absolute atomic E-state index is 11.9. The summed E-state index contributed by atoms with van der Waals surface area (Å²) in [6, 6.07) is -0.213. The van der Waals surface area contributed by atoms with Crippen molar-refractivity contribution in [2.45, 2.75) is 33.1 Å². The smallest absolute Gasteiger partial charge is 0.317 e. The minimum Gasteiger partial charge on any atom is -0.466 e. The fraction of sp³-hybridized carbons (Fsp3) is 0.769. The summed E-state index contributed by atoms with van der Waals surface area (Å²) in [5.74, 6) is -0.417. The van der Waals surface area contributed by atoms with E-state index in [1.165, 1.54) is 6.92 Å². The van der Waals surface area contributed by atoms with Gasteiger partial charge in [0.05, 0.1) is 12.5 Å². The summed E-state index contributed by atoms with van der Waals surface area (Å²) in [4.78, 5) is 35.9. The Bertz CT molecular complexity index is 344. The monoisotopic (exact) mass is 270 g/mol. The predicted octanol–water partition coefficient (Wildman–Crippen LogP) is 0.950. The molecule has 1 unspecified atom stereocenters. The lowest BCUT2D eigenvalue weighted by atomic mass is 9.98. The first-order valence-electron chi connectivity index (χ1n) is 6.73. The largest absolute Gasteiger partial charge is 0.466 e. The van der Waals surface area contributed by atoms with E-state index in [0.29, 0.717) is 32.7 Å². The Labute approximate surface area is 113 Å². The Morgan fingerprint density at radius 2 is 2.11 bits per heavy atom. The van der Waals surface area contributed by atoms with Crippen LogP contribution in [0.3, 0.4) is 0 Å². The Morgan fingerprint density at radius 3 is 2.74 bits per heavy atom. The van der Waals surface area contributed by atoms with Crippen LogP contribution in [0.4, 0.5) is 4.79 Å². The summed E-state index contributed by atoms with van der Waals surface area (Å²) in [6.45, 7) is 5.00. The average molecular weight is 270 g/mol. The van der Waals surface area contributed by atoms with Gasteiger partial charge in [-0.2, -0.15) is 0 Å². The molecule has 1 saturated heterocycles. The molecule has 0 aliphatic carbocycles. The first-order valence-corrected chi connectivity index (χ1v) is 6.73. The highest BCUT2D eigenvalue weighted by atomic mass is 16.5. The molecule has 2 amide bonds. The van der Waals surface area contributed by atoms with Gasteiger partial charge in [-0.05, 0) is 26.7 Å². The standard InChI is InChI=1S/C13H22N2O4/c1-3-19-12(17)11-5-4-8-15(9-11)13(18)14-7-6-10(2)16/h11H,3-9H2,1-2H3,(H,14,18). The van der Waals surface area contributed by atoms with E-state index >= 15 is 0 Å². The van der Waals surface area contributed by atoms with Gasteiger partial charge in [0, 0.05) is 26.1 Å². The van der Waals surface area contributed by atoms with Gasteiger partial charge < -0.3 is 15.0 Å². The van der Waals surface area contributed by atoms with Crippen LogP contribution in [0.2, 0.25) is 0 Å². The fourth-order valence-electron chi connectivity index (χ4n) is 2.07. The molecule has 19 heavy (non-hydrogen) atoms. The SMILES string of the molecule is CCOC(=O)C1CCCN(C(=O)NCCC(C)=O)C1. The number of nitrogens with zero attached hydrogens (tertiary/aromatic N) is 1. The second kappa shape index (κ2) is 7.76. The molecule has 1 fully saturated rings. The first-order chi connectivity index (χ1) is 9.04. The van der Waals surface area contributed by atoms with Crippen LogP contribution < -0.4 is 5.32 Å². The van der Waals surface area contributed by atoms with Crippen molar-refractivity contribution in [3.8, 4) is 0 Å². The molecule has 1 aliphatic heterocycles. The number of hydrogen-bond acceptors (Lipinski definition) is 4. The number of piperidine rings is 1. The number of carbonyl (C=O) groups is 3. The van der Waals surface area contributed by atoms with Crippen molar-refractivity contribution < 1.29 is 19.1 Å². The molecule has 1 rings (SSSR count). The lowest BCUT2D eigenvalue weighted by Gasteiger charge is -2.31. The molecule has 0 bridgehead atoms. The zero-order valence-electron chi connectivity index (χ0n) is 11.6. The number of ketones is 1. The van der Waals surface area contributed by atoms with Crippen molar-refractivity contribution in [2.75, 3.05) is 26.2 Å². The van der Waals surface area contributed by atoms with Crippen molar-refractivity contribution in [3.63, 3.8) is 0 Å². The molecule has 6 heteroatoms. The van der Waals surface area contributed by atoms with Gasteiger partial charge in [-0.25, -0.2) is 4.79 Å². The first kappa shape index (κ1) is 15.5. The molecule has 108 valence electrons. The maximum Gasteiger partial charge on any atom is 0.317 e. The molecule has 1 aliphatic rings. The highest BCUT2D eigenvalue weighted by Gasteiger charge is 2.29. The average Bonchev–Trinajstić information content (AvgIpc) is 2.38. The number of hydrogen-bond donors (Lipinski definition) is 1. The van der Waals surface area contributed by atoms with Gasteiger partial charge in [0.15, 0.2) is 0 Å². The third-order valence-corrected chi connectivity index (χ3v) is 3.08. The number of likely N-dealkylation sites (tertiary alicyclic amines) is 1. The summed E-state index contributed by atoms with van der Waals surface area (Å²) in [5, 5.41) is 2.69. The van der Waals surface area contributed by atoms with Crippen LogP contribution in [0.15, 0.2) is 0 Å². The molecule has 0 aromatic heterocycles. The zero-order valence-corrected chi connectivity index (χ0v) is 11.6. The van der Waals surface area contributed by atoms with Crippen LogP contribution in [0.1, 0.15) is 33.1 Å². The van der Waals surface area contributed by atoms with Crippen molar-refractivity contribution in [3.05, 3.63) is 0 Å². The van der Waals surface area contributed by atoms with Crippen molar-refractivity contribution in [1.29, 1.82) is 0 Å². The molecule has 0 aromatic carbocycles. The molecular formula is C13H22N2O4. The summed E-state index contributed by atoms with van der Waals surface area (Å²) in [5.41, 5.74) is 0. The zero-order chi connectivity index (χ0) is 14.3. The Hall–Kier alpha value is -1.59. The Balaban J connectivity index is 2.38. The van der Waals surface area contributed by atoms with E-state index in [1.807, 2.05) is 0 Å². The summed E-state index contributed by atoms with van der Waals surface area (Å²) in [6.07, 6.45) is 1.89. The van der Waals surface area contributed by atoms with Gasteiger partial charge in [0.2, 0.25) is 0 Å². The van der Waals surface area contributed by atoms with Gasteiger partial charge in [0.1, 0.15) is 5.78 Å². The predicted molar refractivity (Wildman–Crippen MR) is 69.6 cm³/mol. The van der Waals surface area contributed by atoms with E-state index in [-0.39, 0.29) is 23.7 Å². The number of nitrogens with one attached hydrogen (secondary N) is 1. The topological polar surface area (TPSA) is 75.7 Å². The molecular weight excluding hydrogens is 248 g/mol. The van der Waals surface area contributed by atoms with Gasteiger partial charge in [0.25, 0.3) is 0 Å². The third-order valence-electron chi connectivity index (χ3n) is 3.08. The maximum atomic E-state index is 11.9. The third kappa shape index (κ3) is 5.28. The van der Waals surface area contributed by atoms with Crippen molar-refractivity contribution in [2.24, 2.45) is 5.92 Å². The Morgan fingerprint density at radius 1 is 1.37 bits per heavy atom. The highest BCUT2D eigenvalue weighted by molar-refractivity contribution is 5.79. The van der Waals surface area contributed by atoms with E-state index < -0.39 is 0 Å². The Kier molecular flexibility index (Phi) is 6.32. The minimum atomic E-state index is -0.233. The summed E-state index contributed by atoms with van der Waals surface area (Å²) in [7, 11) is 0. The molecule has 6 nitrogen and oxygen atoms in total. The van der Waals surface area contributed by atoms with E-state index in [1.54, 1.807) is 11.8 Å². The molecule has 0 saturated carbocycles. The van der Waals surface area contributed by atoms with Gasteiger partial charge in [-0.3, -0.25) is 9.59 Å². The van der Waals surface area contributed by atoms with E-state index in [2.05, 4.69) is 5.32 Å². The lowest BCUT2D eigenvalue weighted by molar-refractivity contribution is -0.149. The van der Waals surface area contributed by atoms with Crippen molar-refractivity contribution >= 4 is 17.8 Å². The highest BCUT2D eigenvalue weighted by Crippen LogP contribution is 2.17. The van der Waals surface area contributed by atoms with E-state index in [4.69, 9.17) is 4.74 Å². The van der Waals surface area contributed by atoms with E-state index in [9.17, 15) is 14.4 Å². The van der Waals surface area contributed by atoms with Crippen LogP contribution >= 0.6 is 0 Å². The number of carbonyl (C=O) groups excluding carboxylic acids is 3.